The highest BCUT2D eigenvalue weighted by atomic mass is 19.1. The van der Waals surface area contributed by atoms with Gasteiger partial charge in [-0.3, -0.25) is 0 Å². The van der Waals surface area contributed by atoms with Crippen LogP contribution in [0.4, 0.5) is 4.39 Å². The molecule has 0 radical (unpaired) electrons. The Bertz CT molecular complexity index is 597. The van der Waals surface area contributed by atoms with Gasteiger partial charge >= 0.3 is 0 Å². The topological polar surface area (TPSA) is 60.7 Å². The summed E-state index contributed by atoms with van der Waals surface area (Å²) in [5, 5.41) is 30.0. The third-order valence-corrected chi connectivity index (χ3v) is 7.75. The number of halogens is 1. The molecule has 0 amide bonds. The van der Waals surface area contributed by atoms with E-state index < -0.39 is 22.6 Å². The Morgan fingerprint density at radius 2 is 1.87 bits per heavy atom. The zero-order valence-electron chi connectivity index (χ0n) is 13.9. The Kier molecular flexibility index (Phi) is 2.99. The largest absolute Gasteiger partial charge is 0.507 e. The summed E-state index contributed by atoms with van der Waals surface area (Å²) in [5.74, 6) is -2.84. The summed E-state index contributed by atoms with van der Waals surface area (Å²) in [5.41, 5.74) is -2.08. The normalized spacial score (nSPS) is 54.0. The molecule has 6 atom stereocenters. The molecule has 4 rings (SSSR count). The maximum absolute atomic E-state index is 16.4. The molecule has 0 aliphatic heterocycles. The fraction of sp³-hybridized carbons (Fsp3) is 0.789. The van der Waals surface area contributed by atoms with Crippen molar-refractivity contribution in [3.05, 3.63) is 24.0 Å². The van der Waals surface area contributed by atoms with Gasteiger partial charge in [0.25, 0.3) is 0 Å². The van der Waals surface area contributed by atoms with Crippen LogP contribution in [0.3, 0.4) is 0 Å². The van der Waals surface area contributed by atoms with E-state index in [0.29, 0.717) is 12.3 Å². The average Bonchev–Trinajstić information content (AvgIpc) is 2.84. The molecule has 3 nitrogen and oxygen atoms in total. The molecule has 0 saturated heterocycles. The van der Waals surface area contributed by atoms with Crippen LogP contribution in [0.15, 0.2) is 24.0 Å². The van der Waals surface area contributed by atoms with Gasteiger partial charge in [-0.25, -0.2) is 4.39 Å². The van der Waals surface area contributed by atoms with E-state index in [1.807, 2.05) is 19.1 Å². The second-order valence-corrected chi connectivity index (χ2v) is 8.87. The third-order valence-electron chi connectivity index (χ3n) is 7.75. The van der Waals surface area contributed by atoms with Gasteiger partial charge in [0.05, 0.1) is 0 Å². The zero-order valence-corrected chi connectivity index (χ0v) is 13.9. The summed E-state index contributed by atoms with van der Waals surface area (Å²) in [6.45, 7) is 4.14. The van der Waals surface area contributed by atoms with Crippen LogP contribution < -0.4 is 0 Å². The predicted molar refractivity (Wildman–Crippen MR) is 85.2 cm³/mol. The molecule has 3 N–H and O–H groups in total. The fourth-order valence-electron chi connectivity index (χ4n) is 6.13. The van der Waals surface area contributed by atoms with E-state index in [-0.39, 0.29) is 23.7 Å². The maximum atomic E-state index is 16.4. The molecule has 0 spiro atoms. The molecule has 23 heavy (non-hydrogen) atoms. The number of aliphatic hydroxyl groups is 3. The van der Waals surface area contributed by atoms with E-state index in [4.69, 9.17) is 0 Å². The lowest BCUT2D eigenvalue weighted by Crippen LogP contribution is -2.61. The van der Waals surface area contributed by atoms with Gasteiger partial charge in [0.2, 0.25) is 5.79 Å². The highest BCUT2D eigenvalue weighted by Crippen LogP contribution is 2.67. The summed E-state index contributed by atoms with van der Waals surface area (Å²) >= 11 is 0. The van der Waals surface area contributed by atoms with E-state index in [0.717, 1.165) is 12.8 Å². The summed E-state index contributed by atoms with van der Waals surface area (Å²) in [4.78, 5) is 0. The van der Waals surface area contributed by atoms with Gasteiger partial charge in [0, 0.05) is 17.8 Å². The minimum atomic E-state index is -2.24. The van der Waals surface area contributed by atoms with Gasteiger partial charge in [-0.2, -0.15) is 0 Å². The quantitative estimate of drug-likeness (QED) is 0.471. The lowest BCUT2D eigenvalue weighted by atomic mass is 9.46. The number of hydrogen-bond donors (Lipinski definition) is 3. The van der Waals surface area contributed by atoms with E-state index in [1.165, 1.54) is 18.9 Å². The van der Waals surface area contributed by atoms with Crippen molar-refractivity contribution in [1.29, 1.82) is 0 Å². The van der Waals surface area contributed by atoms with Crippen LogP contribution >= 0.6 is 0 Å². The van der Waals surface area contributed by atoms with Crippen LogP contribution in [-0.2, 0) is 0 Å². The van der Waals surface area contributed by atoms with Crippen LogP contribution in [-0.4, -0.2) is 26.8 Å². The molecule has 1 unspecified atom stereocenters. The van der Waals surface area contributed by atoms with Gasteiger partial charge in [-0.15, -0.1) is 0 Å². The van der Waals surface area contributed by atoms with Crippen molar-refractivity contribution in [3.8, 4) is 0 Å². The van der Waals surface area contributed by atoms with Gasteiger partial charge in [-0.05, 0) is 49.0 Å². The minimum Gasteiger partial charge on any atom is -0.507 e. The van der Waals surface area contributed by atoms with Gasteiger partial charge in [0.15, 0.2) is 0 Å². The van der Waals surface area contributed by atoms with Crippen molar-refractivity contribution in [1.82, 2.24) is 0 Å². The number of allylic oxidation sites excluding steroid dienone is 3. The molecule has 4 aliphatic carbocycles. The Hall–Kier alpha value is -0.870. The number of fused-ring (bicyclic) bond motifs is 5. The first-order valence-corrected chi connectivity index (χ1v) is 8.87. The highest BCUT2D eigenvalue weighted by molar-refractivity contribution is 5.32. The fourth-order valence-corrected chi connectivity index (χ4v) is 6.13. The molecular weight excluding hydrogens is 295 g/mol. The van der Waals surface area contributed by atoms with E-state index >= 15 is 4.39 Å². The van der Waals surface area contributed by atoms with E-state index in [1.54, 1.807) is 0 Å². The number of alkyl halides is 1. The lowest BCUT2D eigenvalue weighted by Gasteiger charge is -2.60. The SMILES string of the molecule is C[C@@]12CCC[C@H]1[C@@H]1C=CC3CC(O)(O)C(O)=C[C@]3(C)[C@@]1(F)CC2. The predicted octanol–water partition coefficient (Wildman–Crippen LogP) is 3.63. The van der Waals surface area contributed by atoms with Crippen LogP contribution in [0.25, 0.3) is 0 Å². The monoisotopic (exact) mass is 322 g/mol. The first kappa shape index (κ1) is 15.6. The molecule has 0 heterocycles. The first-order valence-electron chi connectivity index (χ1n) is 8.87. The van der Waals surface area contributed by atoms with Crippen molar-refractivity contribution >= 4 is 0 Å². The van der Waals surface area contributed by atoms with Crippen LogP contribution in [0.2, 0.25) is 0 Å². The molecule has 4 heteroatoms. The summed E-state index contributed by atoms with van der Waals surface area (Å²) in [6.07, 6.45) is 10.1. The maximum Gasteiger partial charge on any atom is 0.222 e. The Morgan fingerprint density at radius 3 is 2.61 bits per heavy atom. The number of hydrogen-bond acceptors (Lipinski definition) is 3. The molecule has 0 aromatic rings. The standard InChI is InChI=1S/C19H27FO3/c1-16-7-3-4-13(16)14-6-5-12-10-19(22,23)15(21)11-17(12,2)18(14,20)9-8-16/h5-6,11-14,21-23H,3-4,7-10H2,1-2H3/t12?,13-,14-,16-,17-,18+/m0/s1. The Labute approximate surface area is 136 Å². The molecule has 0 aromatic carbocycles. The van der Waals surface area contributed by atoms with Crippen molar-refractivity contribution in [2.24, 2.45) is 28.6 Å². The van der Waals surface area contributed by atoms with Crippen molar-refractivity contribution in [3.63, 3.8) is 0 Å². The van der Waals surface area contributed by atoms with Crippen LogP contribution in [0, 0.1) is 28.6 Å². The number of aliphatic hydroxyl groups excluding tert-OH is 1. The average molecular weight is 322 g/mol. The first-order chi connectivity index (χ1) is 10.6. The Morgan fingerprint density at radius 1 is 1.13 bits per heavy atom. The van der Waals surface area contributed by atoms with E-state index in [2.05, 4.69) is 6.92 Å². The van der Waals surface area contributed by atoms with E-state index in [9.17, 15) is 15.3 Å². The highest BCUT2D eigenvalue weighted by Gasteiger charge is 2.66. The summed E-state index contributed by atoms with van der Waals surface area (Å²) in [7, 11) is 0. The second kappa shape index (κ2) is 4.40. The molecular formula is C19H27FO3. The van der Waals surface area contributed by atoms with Crippen LogP contribution in [0.1, 0.15) is 52.4 Å². The third kappa shape index (κ3) is 1.82. The molecule has 2 saturated carbocycles. The molecule has 128 valence electrons. The molecule has 4 aliphatic rings. The van der Waals surface area contributed by atoms with Gasteiger partial charge < -0.3 is 15.3 Å². The molecule has 0 bridgehead atoms. The van der Waals surface area contributed by atoms with Crippen molar-refractivity contribution < 1.29 is 19.7 Å². The lowest BCUT2D eigenvalue weighted by molar-refractivity contribution is -0.197. The second-order valence-electron chi connectivity index (χ2n) is 8.87. The Balaban J connectivity index is 1.81. The van der Waals surface area contributed by atoms with Gasteiger partial charge in [-0.1, -0.05) is 32.4 Å². The number of rotatable bonds is 0. The van der Waals surface area contributed by atoms with Crippen molar-refractivity contribution in [2.45, 2.75) is 63.8 Å². The summed E-state index contributed by atoms with van der Waals surface area (Å²) in [6, 6.07) is 0. The molecule has 2 fully saturated rings. The van der Waals surface area contributed by atoms with Crippen LogP contribution in [0.5, 0.6) is 0 Å². The van der Waals surface area contributed by atoms with Crippen molar-refractivity contribution in [2.75, 3.05) is 0 Å². The smallest absolute Gasteiger partial charge is 0.222 e. The zero-order chi connectivity index (χ0) is 16.7. The van der Waals surface area contributed by atoms with Gasteiger partial charge in [0.1, 0.15) is 11.4 Å². The summed E-state index contributed by atoms with van der Waals surface area (Å²) < 4.78 is 16.4. The molecule has 0 aromatic heterocycles. The minimum absolute atomic E-state index is 0.0529.